The van der Waals surface area contributed by atoms with Crippen molar-refractivity contribution >= 4 is 0 Å². The molecule has 0 saturated carbocycles. The van der Waals surface area contributed by atoms with E-state index in [0.717, 1.165) is 26.1 Å². The third kappa shape index (κ3) is 3.09. The second-order valence-corrected chi connectivity index (χ2v) is 4.52. The number of piperidine rings is 1. The molecule has 1 aliphatic rings. The lowest BCUT2D eigenvalue weighted by atomic mass is 10.0. The lowest BCUT2D eigenvalue weighted by Crippen LogP contribution is -2.43. The minimum Gasteiger partial charge on any atom is -0.472 e. The molecule has 1 aromatic rings. The van der Waals surface area contributed by atoms with Gasteiger partial charge in [0.2, 0.25) is 0 Å². The molecule has 2 unspecified atom stereocenters. The molecule has 1 aliphatic heterocycles. The van der Waals surface area contributed by atoms with Crippen molar-refractivity contribution in [2.45, 2.75) is 31.9 Å². The van der Waals surface area contributed by atoms with Crippen LogP contribution < -0.4 is 5.73 Å². The SMILES string of the molecule is CCOC1CCCN(C(CN)c2ccoc2)C1. The Hall–Kier alpha value is -0.840. The summed E-state index contributed by atoms with van der Waals surface area (Å²) in [5.74, 6) is 0. The molecule has 2 rings (SSSR count). The third-order valence-electron chi connectivity index (χ3n) is 3.40. The van der Waals surface area contributed by atoms with Crippen LogP contribution in [0.4, 0.5) is 0 Å². The predicted molar refractivity (Wildman–Crippen MR) is 66.7 cm³/mol. The molecule has 2 atom stereocenters. The van der Waals surface area contributed by atoms with Gasteiger partial charge < -0.3 is 14.9 Å². The zero-order chi connectivity index (χ0) is 12.1. The average molecular weight is 238 g/mol. The molecule has 1 saturated heterocycles. The van der Waals surface area contributed by atoms with Gasteiger partial charge >= 0.3 is 0 Å². The van der Waals surface area contributed by atoms with Crippen LogP contribution in [0.5, 0.6) is 0 Å². The maximum absolute atomic E-state index is 5.89. The molecule has 0 radical (unpaired) electrons. The van der Waals surface area contributed by atoms with Gasteiger partial charge in [-0.3, -0.25) is 4.90 Å². The van der Waals surface area contributed by atoms with Gasteiger partial charge in [-0.25, -0.2) is 0 Å². The first kappa shape index (κ1) is 12.6. The number of nitrogens with two attached hydrogens (primary N) is 1. The Morgan fingerprint density at radius 3 is 3.18 bits per heavy atom. The highest BCUT2D eigenvalue weighted by Gasteiger charge is 2.26. The molecule has 0 aliphatic carbocycles. The van der Waals surface area contributed by atoms with Crippen LogP contribution in [0.25, 0.3) is 0 Å². The van der Waals surface area contributed by atoms with Gasteiger partial charge in [0, 0.05) is 25.3 Å². The molecule has 0 spiro atoms. The molecular weight excluding hydrogens is 216 g/mol. The quantitative estimate of drug-likeness (QED) is 0.849. The molecule has 0 aromatic carbocycles. The highest BCUT2D eigenvalue weighted by atomic mass is 16.5. The maximum Gasteiger partial charge on any atom is 0.0950 e. The van der Waals surface area contributed by atoms with Crippen LogP contribution in [-0.4, -0.2) is 37.2 Å². The fourth-order valence-corrected chi connectivity index (χ4v) is 2.58. The van der Waals surface area contributed by atoms with Crippen molar-refractivity contribution in [2.24, 2.45) is 5.73 Å². The number of furan rings is 1. The summed E-state index contributed by atoms with van der Waals surface area (Å²) in [6, 6.07) is 2.26. The lowest BCUT2D eigenvalue weighted by Gasteiger charge is -2.37. The summed E-state index contributed by atoms with van der Waals surface area (Å²) in [6.07, 6.45) is 6.20. The molecule has 4 heteroatoms. The monoisotopic (exact) mass is 238 g/mol. The van der Waals surface area contributed by atoms with Gasteiger partial charge in [0.15, 0.2) is 0 Å². The number of nitrogens with zero attached hydrogens (tertiary/aromatic N) is 1. The Morgan fingerprint density at radius 2 is 2.53 bits per heavy atom. The fraction of sp³-hybridized carbons (Fsp3) is 0.692. The van der Waals surface area contributed by atoms with Crippen LogP contribution in [-0.2, 0) is 4.74 Å². The molecule has 96 valence electrons. The van der Waals surface area contributed by atoms with Crippen LogP contribution in [0, 0.1) is 0 Å². The number of rotatable bonds is 5. The van der Waals surface area contributed by atoms with E-state index in [2.05, 4.69) is 11.8 Å². The van der Waals surface area contributed by atoms with Crippen molar-refractivity contribution in [3.05, 3.63) is 24.2 Å². The highest BCUT2D eigenvalue weighted by molar-refractivity contribution is 5.12. The van der Waals surface area contributed by atoms with Crippen molar-refractivity contribution in [1.82, 2.24) is 4.90 Å². The smallest absolute Gasteiger partial charge is 0.0950 e. The number of hydrogen-bond donors (Lipinski definition) is 1. The second kappa shape index (κ2) is 6.19. The van der Waals surface area contributed by atoms with Gasteiger partial charge in [0.25, 0.3) is 0 Å². The van der Waals surface area contributed by atoms with Crippen molar-refractivity contribution in [3.8, 4) is 0 Å². The van der Waals surface area contributed by atoms with E-state index in [1.54, 1.807) is 12.5 Å². The first-order chi connectivity index (χ1) is 8.35. The van der Waals surface area contributed by atoms with Gasteiger partial charge in [0.05, 0.1) is 24.7 Å². The van der Waals surface area contributed by atoms with E-state index in [-0.39, 0.29) is 6.04 Å². The van der Waals surface area contributed by atoms with Crippen LogP contribution in [0.1, 0.15) is 31.4 Å². The molecule has 1 aromatic heterocycles. The molecule has 4 nitrogen and oxygen atoms in total. The van der Waals surface area contributed by atoms with Gasteiger partial charge in [-0.15, -0.1) is 0 Å². The molecule has 2 heterocycles. The van der Waals surface area contributed by atoms with Gasteiger partial charge in [-0.1, -0.05) is 0 Å². The summed E-state index contributed by atoms with van der Waals surface area (Å²) >= 11 is 0. The van der Waals surface area contributed by atoms with Crippen LogP contribution >= 0.6 is 0 Å². The predicted octanol–water partition coefficient (Wildman–Crippen LogP) is 1.78. The molecule has 2 N–H and O–H groups in total. The third-order valence-corrected chi connectivity index (χ3v) is 3.40. The number of likely N-dealkylation sites (tertiary alicyclic amines) is 1. The normalized spacial score (nSPS) is 23.8. The maximum atomic E-state index is 5.89. The second-order valence-electron chi connectivity index (χ2n) is 4.52. The summed E-state index contributed by atoms with van der Waals surface area (Å²) < 4.78 is 10.9. The number of hydrogen-bond acceptors (Lipinski definition) is 4. The zero-order valence-electron chi connectivity index (χ0n) is 10.5. The highest BCUT2D eigenvalue weighted by Crippen LogP contribution is 2.25. The van der Waals surface area contributed by atoms with E-state index in [1.807, 2.05) is 6.07 Å². The lowest BCUT2D eigenvalue weighted by molar-refractivity contribution is -0.00666. The van der Waals surface area contributed by atoms with Crippen molar-refractivity contribution in [1.29, 1.82) is 0 Å². The summed E-state index contributed by atoms with van der Waals surface area (Å²) in [6.45, 7) is 5.53. The number of ether oxygens (including phenoxy) is 1. The van der Waals surface area contributed by atoms with Crippen LogP contribution in [0.15, 0.2) is 23.0 Å². The minimum absolute atomic E-state index is 0.261. The van der Waals surface area contributed by atoms with E-state index in [4.69, 9.17) is 14.9 Å². The molecule has 17 heavy (non-hydrogen) atoms. The van der Waals surface area contributed by atoms with Crippen molar-refractivity contribution < 1.29 is 9.15 Å². The Bertz CT molecular complexity index is 311. The van der Waals surface area contributed by atoms with E-state index < -0.39 is 0 Å². The first-order valence-corrected chi connectivity index (χ1v) is 6.43. The van der Waals surface area contributed by atoms with Crippen molar-refractivity contribution in [3.63, 3.8) is 0 Å². The minimum atomic E-state index is 0.261. The fourth-order valence-electron chi connectivity index (χ4n) is 2.58. The summed E-state index contributed by atoms with van der Waals surface area (Å²) in [7, 11) is 0. The molecular formula is C13H22N2O2. The van der Waals surface area contributed by atoms with Gasteiger partial charge in [-0.2, -0.15) is 0 Å². The van der Waals surface area contributed by atoms with Crippen LogP contribution in [0.2, 0.25) is 0 Å². The Balaban J connectivity index is 1.99. The summed E-state index contributed by atoms with van der Waals surface area (Å²) in [5.41, 5.74) is 7.06. The van der Waals surface area contributed by atoms with Crippen molar-refractivity contribution in [2.75, 3.05) is 26.2 Å². The summed E-state index contributed by atoms with van der Waals surface area (Å²) in [4.78, 5) is 2.41. The first-order valence-electron chi connectivity index (χ1n) is 6.43. The Labute approximate surface area is 103 Å². The zero-order valence-corrected chi connectivity index (χ0v) is 10.5. The average Bonchev–Trinajstić information content (AvgIpc) is 2.85. The Morgan fingerprint density at radius 1 is 1.65 bits per heavy atom. The van der Waals surface area contributed by atoms with E-state index in [9.17, 15) is 0 Å². The molecule has 0 bridgehead atoms. The molecule has 0 amide bonds. The van der Waals surface area contributed by atoms with E-state index >= 15 is 0 Å². The standard InChI is InChI=1S/C13H22N2O2/c1-2-17-12-4-3-6-15(9-12)13(8-14)11-5-7-16-10-11/h5,7,10,12-13H,2-4,6,8-9,14H2,1H3. The van der Waals surface area contributed by atoms with E-state index in [0.29, 0.717) is 12.6 Å². The van der Waals surface area contributed by atoms with Crippen LogP contribution in [0.3, 0.4) is 0 Å². The van der Waals surface area contributed by atoms with Gasteiger partial charge in [0.1, 0.15) is 0 Å². The van der Waals surface area contributed by atoms with Gasteiger partial charge in [-0.05, 0) is 32.4 Å². The Kier molecular flexibility index (Phi) is 4.59. The topological polar surface area (TPSA) is 51.6 Å². The van der Waals surface area contributed by atoms with E-state index in [1.165, 1.54) is 12.0 Å². The summed E-state index contributed by atoms with van der Waals surface area (Å²) in [5, 5.41) is 0. The largest absolute Gasteiger partial charge is 0.472 e. The molecule has 1 fully saturated rings.